The van der Waals surface area contributed by atoms with Crippen molar-refractivity contribution in [2.24, 2.45) is 7.05 Å². The number of piperazine rings is 1. The molecule has 0 unspecified atom stereocenters. The van der Waals surface area contributed by atoms with Gasteiger partial charge in [0.1, 0.15) is 10.7 Å². The summed E-state index contributed by atoms with van der Waals surface area (Å²) in [4.78, 5) is 26.4. The first-order chi connectivity index (χ1) is 20.3. The fourth-order valence-electron chi connectivity index (χ4n) is 5.32. The molecule has 1 fully saturated rings. The number of pyridine rings is 1. The van der Waals surface area contributed by atoms with Crippen LogP contribution < -0.4 is 4.90 Å². The Kier molecular flexibility index (Phi) is 8.81. The second-order valence-electron chi connectivity index (χ2n) is 12.2. The molecule has 0 saturated carbocycles. The number of thiazole rings is 1. The van der Waals surface area contributed by atoms with Crippen LogP contribution in [0.4, 0.5) is 5.69 Å². The highest BCUT2D eigenvalue weighted by atomic mass is 35.5. The second kappa shape index (κ2) is 12.2. The fourth-order valence-corrected chi connectivity index (χ4v) is 6.56. The van der Waals surface area contributed by atoms with Crippen molar-refractivity contribution in [2.75, 3.05) is 38.1 Å². The third-order valence-corrected chi connectivity index (χ3v) is 8.75. The Hall–Kier alpha value is -3.50. The first kappa shape index (κ1) is 30.9. The number of carboxylic acid groups (broad SMARTS) is 1. The van der Waals surface area contributed by atoms with Crippen LogP contribution in [0.2, 0.25) is 5.02 Å². The molecule has 8 nitrogen and oxygen atoms in total. The predicted molar refractivity (Wildman–Crippen MR) is 178 cm³/mol. The minimum absolute atomic E-state index is 0.0567. The number of anilines is 1. The monoisotopic (exact) mass is 619 g/mol. The average molecular weight is 620 g/mol. The van der Waals surface area contributed by atoms with Crippen molar-refractivity contribution in [1.29, 1.82) is 0 Å². The maximum Gasteiger partial charge on any atom is 0.307 e. The predicted octanol–water partition coefficient (Wildman–Crippen LogP) is 6.63. The molecule has 10 heteroatoms. The topological polar surface area (TPSA) is 94.7 Å². The van der Waals surface area contributed by atoms with Gasteiger partial charge in [-0.2, -0.15) is 0 Å². The summed E-state index contributed by atoms with van der Waals surface area (Å²) in [6.07, 6.45) is 4.00. The molecule has 4 heterocycles. The van der Waals surface area contributed by atoms with Crippen LogP contribution in [0.3, 0.4) is 0 Å². The number of nitrogens with zero attached hydrogens (tertiary/aromatic N) is 5. The van der Waals surface area contributed by atoms with E-state index in [-0.39, 0.29) is 6.42 Å². The van der Waals surface area contributed by atoms with E-state index in [1.165, 1.54) is 5.69 Å². The molecule has 0 spiro atoms. The Morgan fingerprint density at radius 1 is 1.05 bits per heavy atom. The van der Waals surface area contributed by atoms with Gasteiger partial charge in [-0.3, -0.25) is 4.79 Å². The smallest absolute Gasteiger partial charge is 0.307 e. The zero-order valence-corrected chi connectivity index (χ0v) is 27.1. The lowest BCUT2D eigenvalue weighted by atomic mass is 9.93. The van der Waals surface area contributed by atoms with Gasteiger partial charge < -0.3 is 24.6 Å². The van der Waals surface area contributed by atoms with Crippen LogP contribution in [-0.4, -0.2) is 74.4 Å². The number of hydrogen-bond donors (Lipinski definition) is 2. The number of halogens is 1. The average Bonchev–Trinajstić information content (AvgIpc) is 3.49. The first-order valence-electron chi connectivity index (χ1n) is 14.3. The van der Waals surface area contributed by atoms with Crippen molar-refractivity contribution in [3.05, 3.63) is 64.9 Å². The summed E-state index contributed by atoms with van der Waals surface area (Å²) in [6, 6.07) is 11.8. The molecule has 43 heavy (non-hydrogen) atoms. The highest BCUT2D eigenvalue weighted by Crippen LogP contribution is 2.42. The number of carboxylic acids is 1. The fraction of sp³-hybridized carbons (Fsp3) is 0.364. The minimum Gasteiger partial charge on any atom is -0.481 e. The molecule has 6 rings (SSSR count). The zero-order valence-electron chi connectivity index (χ0n) is 25.5. The molecule has 1 saturated heterocycles. The van der Waals surface area contributed by atoms with Crippen molar-refractivity contribution >= 4 is 55.8 Å². The van der Waals surface area contributed by atoms with Gasteiger partial charge >= 0.3 is 5.97 Å². The largest absolute Gasteiger partial charge is 0.481 e. The Morgan fingerprint density at radius 2 is 1.70 bits per heavy atom. The molecule has 0 radical (unpaired) electrons. The van der Waals surface area contributed by atoms with Crippen molar-refractivity contribution in [3.8, 4) is 21.7 Å². The lowest BCUT2D eigenvalue weighted by molar-refractivity contribution is -0.136. The summed E-state index contributed by atoms with van der Waals surface area (Å²) >= 11 is 7.74. The molecule has 0 atom stereocenters. The molecule has 0 amide bonds. The van der Waals surface area contributed by atoms with Crippen molar-refractivity contribution in [2.45, 2.75) is 39.7 Å². The number of fused-ring (bicyclic) bond motifs is 2. The van der Waals surface area contributed by atoms with E-state index in [1.54, 1.807) is 32.1 Å². The number of aliphatic hydroxyl groups is 1. The van der Waals surface area contributed by atoms with Gasteiger partial charge in [-0.15, -0.1) is 11.3 Å². The van der Waals surface area contributed by atoms with Gasteiger partial charge in [0.2, 0.25) is 0 Å². The highest BCUT2D eigenvalue weighted by Gasteiger charge is 2.22. The molecule has 226 valence electrons. The van der Waals surface area contributed by atoms with Gasteiger partial charge in [0.15, 0.2) is 0 Å². The summed E-state index contributed by atoms with van der Waals surface area (Å²) in [5.74, 6) is -0.859. The number of aromatic nitrogens is 3. The number of aliphatic carboxylic acids is 1. The standard InChI is InChI=1S/C29H28ClN5O2S.C4H10O/c1-17-12-23-27(26(21(17)14-25(36)37)18-4-6-20(30)7-5-18)38-29(32-23)19-13-22-24(16-34(3)28(22)31-15-19)35-10-8-33(2)9-11-35;1-4(2,3)5/h4-7,12-13,15-16H,8-11,14H2,1-3H3,(H,36,37);5H,1-3H3. The molecule has 2 N–H and O–H groups in total. The summed E-state index contributed by atoms with van der Waals surface area (Å²) in [6.45, 7) is 11.2. The molecule has 0 bridgehead atoms. The van der Waals surface area contributed by atoms with E-state index in [1.807, 2.05) is 50.5 Å². The number of aryl methyl sites for hydroxylation is 2. The Morgan fingerprint density at radius 3 is 2.33 bits per heavy atom. The van der Waals surface area contributed by atoms with Crippen molar-refractivity contribution in [3.63, 3.8) is 0 Å². The van der Waals surface area contributed by atoms with E-state index in [0.29, 0.717) is 5.02 Å². The van der Waals surface area contributed by atoms with Gasteiger partial charge in [0.25, 0.3) is 0 Å². The van der Waals surface area contributed by atoms with Crippen molar-refractivity contribution in [1.82, 2.24) is 19.4 Å². The third-order valence-electron chi connectivity index (χ3n) is 7.36. The van der Waals surface area contributed by atoms with Crippen LogP contribution in [0, 0.1) is 6.92 Å². The highest BCUT2D eigenvalue weighted by molar-refractivity contribution is 7.22. The third kappa shape index (κ3) is 7.02. The van der Waals surface area contributed by atoms with Crippen LogP contribution in [-0.2, 0) is 18.3 Å². The van der Waals surface area contributed by atoms with E-state index in [0.717, 1.165) is 80.3 Å². The van der Waals surface area contributed by atoms with Gasteiger partial charge in [-0.05, 0) is 75.7 Å². The summed E-state index contributed by atoms with van der Waals surface area (Å²) in [5.41, 5.74) is 7.02. The first-order valence-corrected chi connectivity index (χ1v) is 15.5. The summed E-state index contributed by atoms with van der Waals surface area (Å²) < 4.78 is 3.06. The normalized spacial score (nSPS) is 14.3. The quantitative estimate of drug-likeness (QED) is 0.228. The summed E-state index contributed by atoms with van der Waals surface area (Å²) in [7, 11) is 4.20. The maximum absolute atomic E-state index is 11.8. The maximum atomic E-state index is 11.8. The van der Waals surface area contributed by atoms with E-state index in [9.17, 15) is 9.90 Å². The van der Waals surface area contributed by atoms with Crippen molar-refractivity contribution < 1.29 is 15.0 Å². The lowest BCUT2D eigenvalue weighted by Crippen LogP contribution is -2.44. The molecule has 1 aliphatic rings. The van der Waals surface area contributed by atoms with Gasteiger partial charge in [0, 0.05) is 67.2 Å². The van der Waals surface area contributed by atoms with Crippen LogP contribution in [0.25, 0.3) is 42.9 Å². The molecular weight excluding hydrogens is 582 g/mol. The number of hydrogen-bond acceptors (Lipinski definition) is 7. The SMILES string of the molecule is CC(C)(C)O.Cc1cc2nc(-c3cnc4c(c3)c(N3CCN(C)CC3)cn4C)sc2c(-c2ccc(Cl)cc2)c1CC(=O)O. The minimum atomic E-state index is -0.859. The second-order valence-corrected chi connectivity index (χ2v) is 13.6. The number of likely N-dealkylation sites (N-methyl/N-ethyl adjacent to an activating group) is 1. The van der Waals surface area contributed by atoms with Gasteiger partial charge in [0.05, 0.1) is 27.9 Å². The number of benzene rings is 2. The Labute approximate surface area is 261 Å². The number of rotatable bonds is 5. The Balaban J connectivity index is 0.000000682. The molecule has 2 aromatic carbocycles. The molecule has 5 aromatic rings. The van der Waals surface area contributed by atoms with E-state index >= 15 is 0 Å². The number of carbonyl (C=O) groups is 1. The Bertz CT molecular complexity index is 1770. The molecule has 0 aliphatic carbocycles. The van der Waals surface area contributed by atoms with Gasteiger partial charge in [-0.1, -0.05) is 23.7 Å². The molecule has 1 aliphatic heterocycles. The van der Waals surface area contributed by atoms with Crippen LogP contribution in [0.5, 0.6) is 0 Å². The van der Waals surface area contributed by atoms with E-state index < -0.39 is 11.6 Å². The molecule has 3 aromatic heterocycles. The summed E-state index contributed by atoms with van der Waals surface area (Å²) in [5, 5.41) is 20.8. The molecular formula is C33H38ClN5O3S. The van der Waals surface area contributed by atoms with Crippen LogP contribution in [0.15, 0.2) is 48.8 Å². The van der Waals surface area contributed by atoms with E-state index in [2.05, 4.69) is 33.7 Å². The van der Waals surface area contributed by atoms with Gasteiger partial charge in [-0.25, -0.2) is 9.97 Å². The van der Waals surface area contributed by atoms with Crippen LogP contribution in [0.1, 0.15) is 31.9 Å². The zero-order chi connectivity index (χ0) is 31.1. The van der Waals surface area contributed by atoms with Crippen LogP contribution >= 0.6 is 22.9 Å². The lowest BCUT2D eigenvalue weighted by Gasteiger charge is -2.33. The van der Waals surface area contributed by atoms with E-state index in [4.69, 9.17) is 26.7 Å².